The highest BCUT2D eigenvalue weighted by Gasteiger charge is 2.47. The van der Waals surface area contributed by atoms with Crippen LogP contribution in [0.3, 0.4) is 0 Å². The number of nitrogens with zero attached hydrogens (tertiary/aromatic N) is 1. The third-order valence-corrected chi connectivity index (χ3v) is 5.84. The lowest BCUT2D eigenvalue weighted by Crippen LogP contribution is -3.11. The number of quaternary nitrogens is 1. The summed E-state index contributed by atoms with van der Waals surface area (Å²) in [6.07, 6.45) is 0.749. The number of ketones is 1. The molecule has 2 aromatic rings. The molecule has 1 aromatic carbocycles. The Kier molecular flexibility index (Phi) is 7.17. The number of rotatable bonds is 9. The molecule has 2 heterocycles. The van der Waals surface area contributed by atoms with Crippen LogP contribution in [-0.2, 0) is 9.59 Å². The molecule has 0 bridgehead atoms. The number of furan rings is 1. The van der Waals surface area contributed by atoms with Gasteiger partial charge in [-0.2, -0.15) is 0 Å². The standard InChI is InChI=1S/C24H30N2O5/c1-5-25(6-2)13-8-14-26-21(19-12-11-16(3)31-19)20(23(28)24(26)29)22(27)17-9-7-10-18(15-17)30-4/h7,9-12,15,21,27H,5-6,8,13-14H2,1-4H3/p+1/b22-20+/t21-/m0/s1. The Labute approximate surface area is 182 Å². The summed E-state index contributed by atoms with van der Waals surface area (Å²) in [4.78, 5) is 28.9. The fraction of sp³-hybridized carbons (Fsp3) is 0.417. The molecule has 1 saturated heterocycles. The van der Waals surface area contributed by atoms with E-state index in [2.05, 4.69) is 13.8 Å². The van der Waals surface area contributed by atoms with E-state index in [-0.39, 0.29) is 11.3 Å². The Morgan fingerprint density at radius 1 is 1.19 bits per heavy atom. The minimum atomic E-state index is -0.758. The van der Waals surface area contributed by atoms with Crippen molar-refractivity contribution in [2.45, 2.75) is 33.2 Å². The van der Waals surface area contributed by atoms with Crippen LogP contribution >= 0.6 is 0 Å². The summed E-state index contributed by atoms with van der Waals surface area (Å²) in [6.45, 7) is 9.39. The topological polar surface area (TPSA) is 84.4 Å². The predicted molar refractivity (Wildman–Crippen MR) is 117 cm³/mol. The summed E-state index contributed by atoms with van der Waals surface area (Å²) in [7, 11) is 1.53. The van der Waals surface area contributed by atoms with Crippen molar-refractivity contribution in [3.63, 3.8) is 0 Å². The number of amides is 1. The summed E-state index contributed by atoms with van der Waals surface area (Å²) >= 11 is 0. The van der Waals surface area contributed by atoms with Crippen molar-refractivity contribution in [1.29, 1.82) is 0 Å². The van der Waals surface area contributed by atoms with Gasteiger partial charge in [0, 0.05) is 18.5 Å². The lowest BCUT2D eigenvalue weighted by molar-refractivity contribution is -0.896. The molecule has 166 valence electrons. The number of nitrogens with one attached hydrogen (secondary N) is 1. The van der Waals surface area contributed by atoms with Crippen molar-refractivity contribution in [1.82, 2.24) is 4.90 Å². The van der Waals surface area contributed by atoms with Gasteiger partial charge in [-0.25, -0.2) is 0 Å². The number of likely N-dealkylation sites (tertiary alicyclic amines) is 1. The zero-order chi connectivity index (χ0) is 22.5. The van der Waals surface area contributed by atoms with Crippen LogP contribution in [0, 0.1) is 6.92 Å². The number of carbonyl (C=O) groups excluding carboxylic acids is 2. The summed E-state index contributed by atoms with van der Waals surface area (Å²) < 4.78 is 11.0. The van der Waals surface area contributed by atoms with Gasteiger partial charge in [0.25, 0.3) is 11.7 Å². The molecule has 1 aliphatic heterocycles. The number of aliphatic hydroxyl groups is 1. The highest BCUT2D eigenvalue weighted by Crippen LogP contribution is 2.40. The van der Waals surface area contributed by atoms with Crippen molar-refractivity contribution in [2.75, 3.05) is 33.3 Å². The number of Topliss-reactive ketones (excluding diaryl/α,β-unsaturated/α-hetero) is 1. The molecule has 0 radical (unpaired) electrons. The summed E-state index contributed by atoms with van der Waals surface area (Å²) in [5.41, 5.74) is 0.459. The molecule has 0 saturated carbocycles. The minimum Gasteiger partial charge on any atom is -0.507 e. The van der Waals surface area contributed by atoms with E-state index in [4.69, 9.17) is 9.15 Å². The van der Waals surface area contributed by atoms with E-state index in [0.29, 0.717) is 29.4 Å². The van der Waals surface area contributed by atoms with Gasteiger partial charge in [-0.05, 0) is 45.0 Å². The molecule has 1 amide bonds. The van der Waals surface area contributed by atoms with E-state index in [9.17, 15) is 14.7 Å². The maximum absolute atomic E-state index is 13.0. The second-order valence-electron chi connectivity index (χ2n) is 7.73. The summed E-state index contributed by atoms with van der Waals surface area (Å²) in [6, 6.07) is 9.58. The number of carbonyl (C=O) groups is 2. The van der Waals surface area contributed by atoms with Crippen molar-refractivity contribution < 1.29 is 28.7 Å². The second-order valence-corrected chi connectivity index (χ2v) is 7.73. The minimum absolute atomic E-state index is 0.0442. The SMILES string of the molecule is CC[NH+](CC)CCCN1C(=O)C(=O)/C(=C(/O)c2cccc(OC)c2)[C@@H]1c1ccc(C)o1. The third kappa shape index (κ3) is 4.66. The second kappa shape index (κ2) is 9.83. The zero-order valence-electron chi connectivity index (χ0n) is 18.6. The molecule has 1 aromatic heterocycles. The Hall–Kier alpha value is -3.06. The Morgan fingerprint density at radius 2 is 1.94 bits per heavy atom. The number of aliphatic hydroxyl groups excluding tert-OH is 1. The van der Waals surface area contributed by atoms with E-state index >= 15 is 0 Å². The molecule has 1 fully saturated rings. The predicted octanol–water partition coefficient (Wildman–Crippen LogP) is 2.33. The van der Waals surface area contributed by atoms with Crippen LogP contribution in [0.15, 0.2) is 46.4 Å². The van der Waals surface area contributed by atoms with E-state index in [1.54, 1.807) is 36.4 Å². The number of methoxy groups -OCH3 is 1. The van der Waals surface area contributed by atoms with Gasteiger partial charge in [0.05, 0.1) is 32.3 Å². The average molecular weight is 428 g/mol. The fourth-order valence-electron chi connectivity index (χ4n) is 4.04. The Morgan fingerprint density at radius 3 is 2.55 bits per heavy atom. The Balaban J connectivity index is 2.01. The van der Waals surface area contributed by atoms with Gasteiger partial charge in [-0.3, -0.25) is 9.59 Å². The first-order valence-electron chi connectivity index (χ1n) is 10.7. The average Bonchev–Trinajstić information content (AvgIpc) is 3.32. The maximum atomic E-state index is 13.0. The van der Waals surface area contributed by atoms with Crippen LogP contribution in [0.25, 0.3) is 5.76 Å². The van der Waals surface area contributed by atoms with Crippen molar-refractivity contribution in [3.05, 3.63) is 59.1 Å². The number of hydrogen-bond donors (Lipinski definition) is 2. The first-order valence-corrected chi connectivity index (χ1v) is 10.7. The lowest BCUT2D eigenvalue weighted by Gasteiger charge is -2.24. The molecule has 0 aliphatic carbocycles. The molecule has 7 heteroatoms. The molecular formula is C24H31N2O5+. The summed E-state index contributed by atoms with van der Waals surface area (Å²) in [5.74, 6) is 0.150. The molecule has 31 heavy (non-hydrogen) atoms. The van der Waals surface area contributed by atoms with Crippen molar-refractivity contribution >= 4 is 17.4 Å². The number of aryl methyl sites for hydroxylation is 1. The quantitative estimate of drug-likeness (QED) is 0.365. The van der Waals surface area contributed by atoms with Crippen LogP contribution in [0.2, 0.25) is 0 Å². The van der Waals surface area contributed by atoms with Crippen LogP contribution in [0.4, 0.5) is 0 Å². The maximum Gasteiger partial charge on any atom is 0.295 e. The van der Waals surface area contributed by atoms with Gasteiger partial charge in [-0.1, -0.05) is 12.1 Å². The molecular weight excluding hydrogens is 396 g/mol. The van der Waals surface area contributed by atoms with Crippen LogP contribution in [-0.4, -0.2) is 55.0 Å². The van der Waals surface area contributed by atoms with Gasteiger partial charge in [-0.15, -0.1) is 0 Å². The lowest BCUT2D eigenvalue weighted by atomic mass is 9.99. The van der Waals surface area contributed by atoms with Crippen LogP contribution < -0.4 is 9.64 Å². The van der Waals surface area contributed by atoms with Gasteiger partial charge in [0.2, 0.25) is 0 Å². The molecule has 3 rings (SSSR count). The molecule has 0 spiro atoms. The monoisotopic (exact) mass is 427 g/mol. The zero-order valence-corrected chi connectivity index (χ0v) is 18.6. The summed E-state index contributed by atoms with van der Waals surface area (Å²) in [5, 5.41) is 11.1. The molecule has 1 atom stereocenters. The molecule has 1 aliphatic rings. The van der Waals surface area contributed by atoms with Gasteiger partial charge < -0.3 is 24.1 Å². The smallest absolute Gasteiger partial charge is 0.295 e. The molecule has 2 N–H and O–H groups in total. The third-order valence-electron chi connectivity index (χ3n) is 5.84. The Bertz CT molecular complexity index is 974. The van der Waals surface area contributed by atoms with E-state index in [1.807, 2.05) is 6.92 Å². The van der Waals surface area contributed by atoms with E-state index in [0.717, 1.165) is 26.1 Å². The first kappa shape index (κ1) is 22.6. The normalized spacial score (nSPS) is 18.2. The number of benzene rings is 1. The van der Waals surface area contributed by atoms with Gasteiger partial charge in [0.1, 0.15) is 29.1 Å². The van der Waals surface area contributed by atoms with Crippen LogP contribution in [0.1, 0.15) is 43.4 Å². The van der Waals surface area contributed by atoms with E-state index in [1.165, 1.54) is 16.9 Å². The molecule has 0 unspecified atom stereocenters. The van der Waals surface area contributed by atoms with Gasteiger partial charge >= 0.3 is 0 Å². The highest BCUT2D eigenvalue weighted by molar-refractivity contribution is 6.46. The van der Waals surface area contributed by atoms with Crippen molar-refractivity contribution in [2.24, 2.45) is 0 Å². The van der Waals surface area contributed by atoms with Crippen LogP contribution in [0.5, 0.6) is 5.75 Å². The van der Waals surface area contributed by atoms with Gasteiger partial charge in [0.15, 0.2) is 0 Å². The highest BCUT2D eigenvalue weighted by atomic mass is 16.5. The van der Waals surface area contributed by atoms with Crippen molar-refractivity contribution in [3.8, 4) is 5.75 Å². The fourth-order valence-corrected chi connectivity index (χ4v) is 4.04. The van der Waals surface area contributed by atoms with E-state index < -0.39 is 17.7 Å². The number of hydrogen-bond acceptors (Lipinski definition) is 5. The largest absolute Gasteiger partial charge is 0.507 e. The first-order chi connectivity index (χ1) is 14.9. The molecule has 7 nitrogen and oxygen atoms in total. The number of ether oxygens (including phenoxy) is 1.